The number of rotatable bonds is 6. The van der Waals surface area contributed by atoms with Crippen molar-refractivity contribution in [3.8, 4) is 6.07 Å². The summed E-state index contributed by atoms with van der Waals surface area (Å²) in [5.74, 6) is -0.554. The quantitative estimate of drug-likeness (QED) is 0.722. The number of thiophene rings is 1. The Hall–Kier alpha value is -2.73. The van der Waals surface area contributed by atoms with E-state index in [2.05, 4.69) is 21.2 Å². The van der Waals surface area contributed by atoms with Crippen molar-refractivity contribution in [2.75, 3.05) is 31.5 Å². The number of nitrogens with one attached hydrogen (secondary N) is 1. The van der Waals surface area contributed by atoms with Gasteiger partial charge in [-0.15, -0.1) is 11.3 Å². The standard InChI is InChI=1S/C23H27N5O2S/c1-15(22(30)26-23-20(21(25)29)18-3-2-4-19(18)31-23)28-11-9-27(10-12-28)14-17-7-5-16(13-24)6-8-17/h5-8,15H,2-4,9-12,14H2,1H3,(H2,25,29)(H,26,30)/t15-/m1/s1. The van der Waals surface area contributed by atoms with Gasteiger partial charge < -0.3 is 11.1 Å². The number of anilines is 1. The minimum atomic E-state index is -0.459. The number of fused-ring (bicyclic) bond motifs is 1. The highest BCUT2D eigenvalue weighted by Crippen LogP contribution is 2.38. The number of hydrogen-bond acceptors (Lipinski definition) is 6. The highest BCUT2D eigenvalue weighted by atomic mass is 32.1. The maximum absolute atomic E-state index is 12.9. The van der Waals surface area contributed by atoms with E-state index in [1.807, 2.05) is 31.2 Å². The molecule has 0 unspecified atom stereocenters. The molecule has 7 nitrogen and oxygen atoms in total. The third-order valence-corrected chi connectivity index (χ3v) is 7.43. The average molecular weight is 438 g/mol. The monoisotopic (exact) mass is 437 g/mol. The molecule has 1 aliphatic heterocycles. The Morgan fingerprint density at radius 3 is 2.55 bits per heavy atom. The van der Waals surface area contributed by atoms with Crippen LogP contribution in [0, 0.1) is 11.3 Å². The number of nitrogens with zero attached hydrogens (tertiary/aromatic N) is 3. The fourth-order valence-electron chi connectivity index (χ4n) is 4.39. The number of benzene rings is 1. The van der Waals surface area contributed by atoms with Crippen molar-refractivity contribution < 1.29 is 9.59 Å². The molecule has 2 aromatic rings. The van der Waals surface area contributed by atoms with Crippen molar-refractivity contribution in [2.24, 2.45) is 5.73 Å². The summed E-state index contributed by atoms with van der Waals surface area (Å²) in [5, 5.41) is 12.5. The molecule has 1 aliphatic carbocycles. The van der Waals surface area contributed by atoms with Gasteiger partial charge in [0.05, 0.1) is 23.2 Å². The van der Waals surface area contributed by atoms with Gasteiger partial charge in [-0.2, -0.15) is 5.26 Å². The van der Waals surface area contributed by atoms with E-state index in [0.29, 0.717) is 16.1 Å². The highest BCUT2D eigenvalue weighted by molar-refractivity contribution is 7.17. The first kappa shape index (κ1) is 21.5. The minimum absolute atomic E-state index is 0.0945. The van der Waals surface area contributed by atoms with Crippen LogP contribution < -0.4 is 11.1 Å². The SMILES string of the molecule is C[C@H](C(=O)Nc1sc2c(c1C(N)=O)CCC2)N1CCN(Cc2ccc(C#N)cc2)CC1. The molecule has 0 spiro atoms. The molecule has 31 heavy (non-hydrogen) atoms. The zero-order chi connectivity index (χ0) is 22.0. The summed E-state index contributed by atoms with van der Waals surface area (Å²) in [6, 6.07) is 9.54. The van der Waals surface area contributed by atoms with Gasteiger partial charge in [-0.3, -0.25) is 19.4 Å². The lowest BCUT2D eigenvalue weighted by Crippen LogP contribution is -2.52. The molecule has 1 aromatic carbocycles. The fourth-order valence-corrected chi connectivity index (χ4v) is 5.68. The summed E-state index contributed by atoms with van der Waals surface area (Å²) in [6.45, 7) is 6.09. The summed E-state index contributed by atoms with van der Waals surface area (Å²) in [5.41, 5.74) is 8.99. The number of nitriles is 1. The van der Waals surface area contributed by atoms with Crippen LogP contribution in [0.2, 0.25) is 0 Å². The van der Waals surface area contributed by atoms with E-state index in [-0.39, 0.29) is 11.9 Å². The molecule has 8 heteroatoms. The zero-order valence-corrected chi connectivity index (χ0v) is 18.5. The number of carbonyl (C=O) groups excluding carboxylic acids is 2. The summed E-state index contributed by atoms with van der Waals surface area (Å²) in [6.07, 6.45) is 2.85. The summed E-state index contributed by atoms with van der Waals surface area (Å²) >= 11 is 1.49. The van der Waals surface area contributed by atoms with Crippen molar-refractivity contribution in [2.45, 2.75) is 38.8 Å². The molecule has 3 N–H and O–H groups in total. The number of aryl methyl sites for hydroxylation is 1. The van der Waals surface area contributed by atoms with Gasteiger partial charge in [0.15, 0.2) is 0 Å². The largest absolute Gasteiger partial charge is 0.365 e. The fraction of sp³-hybridized carbons (Fsp3) is 0.435. The summed E-state index contributed by atoms with van der Waals surface area (Å²) in [7, 11) is 0. The second kappa shape index (κ2) is 9.18. The van der Waals surface area contributed by atoms with Crippen molar-refractivity contribution in [1.82, 2.24) is 9.80 Å². The Balaban J connectivity index is 1.32. The Morgan fingerprint density at radius 1 is 1.19 bits per heavy atom. The van der Waals surface area contributed by atoms with Crippen molar-refractivity contribution >= 4 is 28.2 Å². The van der Waals surface area contributed by atoms with Crippen LogP contribution in [0.5, 0.6) is 0 Å². The lowest BCUT2D eigenvalue weighted by molar-refractivity contribution is -0.121. The van der Waals surface area contributed by atoms with Crippen LogP contribution in [-0.4, -0.2) is 53.8 Å². The second-order valence-electron chi connectivity index (χ2n) is 8.21. The maximum Gasteiger partial charge on any atom is 0.251 e. The number of nitrogens with two attached hydrogens (primary N) is 1. The second-order valence-corrected chi connectivity index (χ2v) is 9.32. The van der Waals surface area contributed by atoms with Crippen LogP contribution in [0.3, 0.4) is 0 Å². The van der Waals surface area contributed by atoms with Gasteiger partial charge >= 0.3 is 0 Å². The lowest BCUT2D eigenvalue weighted by atomic mass is 10.1. The Bertz CT molecular complexity index is 1020. The third kappa shape index (κ3) is 4.64. The van der Waals surface area contributed by atoms with E-state index in [4.69, 9.17) is 11.0 Å². The van der Waals surface area contributed by atoms with Gasteiger partial charge in [0.1, 0.15) is 5.00 Å². The number of amides is 2. The third-order valence-electron chi connectivity index (χ3n) is 6.23. The maximum atomic E-state index is 12.9. The van der Waals surface area contributed by atoms with E-state index in [0.717, 1.165) is 57.5 Å². The van der Waals surface area contributed by atoms with Crippen molar-refractivity contribution in [3.63, 3.8) is 0 Å². The normalized spacial score (nSPS) is 17.7. The van der Waals surface area contributed by atoms with E-state index in [9.17, 15) is 9.59 Å². The van der Waals surface area contributed by atoms with Gasteiger partial charge in [0, 0.05) is 37.6 Å². The van der Waals surface area contributed by atoms with Gasteiger partial charge in [0.2, 0.25) is 5.91 Å². The Morgan fingerprint density at radius 2 is 1.90 bits per heavy atom. The number of hydrogen-bond donors (Lipinski definition) is 2. The van der Waals surface area contributed by atoms with Crippen molar-refractivity contribution in [3.05, 3.63) is 51.4 Å². The van der Waals surface area contributed by atoms with Gasteiger partial charge in [-0.05, 0) is 49.4 Å². The topological polar surface area (TPSA) is 102 Å². The van der Waals surface area contributed by atoms with Gasteiger partial charge in [0.25, 0.3) is 5.91 Å². The molecule has 1 saturated heterocycles. The first-order valence-electron chi connectivity index (χ1n) is 10.7. The highest BCUT2D eigenvalue weighted by Gasteiger charge is 2.29. The molecule has 1 aromatic heterocycles. The average Bonchev–Trinajstić information content (AvgIpc) is 3.35. The Kier molecular flexibility index (Phi) is 6.37. The molecule has 162 valence electrons. The molecular weight excluding hydrogens is 410 g/mol. The molecule has 2 amide bonds. The van der Waals surface area contributed by atoms with E-state index >= 15 is 0 Å². The zero-order valence-electron chi connectivity index (χ0n) is 17.7. The number of carbonyl (C=O) groups is 2. The Labute approximate surface area is 186 Å². The summed E-state index contributed by atoms with van der Waals surface area (Å²) < 4.78 is 0. The van der Waals surface area contributed by atoms with Crippen LogP contribution in [0.15, 0.2) is 24.3 Å². The van der Waals surface area contributed by atoms with E-state index in [1.165, 1.54) is 21.8 Å². The van der Waals surface area contributed by atoms with Crippen molar-refractivity contribution in [1.29, 1.82) is 5.26 Å². The first-order valence-corrected chi connectivity index (χ1v) is 11.5. The predicted molar refractivity (Wildman–Crippen MR) is 121 cm³/mol. The molecular formula is C23H27N5O2S. The molecule has 0 bridgehead atoms. The molecule has 2 aliphatic rings. The summed E-state index contributed by atoms with van der Waals surface area (Å²) in [4.78, 5) is 30.6. The van der Waals surface area contributed by atoms with Crippen LogP contribution in [0.4, 0.5) is 5.00 Å². The number of piperazine rings is 1. The van der Waals surface area contributed by atoms with Crippen LogP contribution in [-0.2, 0) is 24.2 Å². The van der Waals surface area contributed by atoms with E-state index < -0.39 is 5.91 Å². The molecule has 0 saturated carbocycles. The van der Waals surface area contributed by atoms with E-state index in [1.54, 1.807) is 0 Å². The van der Waals surface area contributed by atoms with Crippen LogP contribution >= 0.6 is 11.3 Å². The molecule has 1 atom stereocenters. The molecule has 0 radical (unpaired) electrons. The minimum Gasteiger partial charge on any atom is -0.365 e. The smallest absolute Gasteiger partial charge is 0.251 e. The molecule has 4 rings (SSSR count). The van der Waals surface area contributed by atoms with Gasteiger partial charge in [-0.25, -0.2) is 0 Å². The predicted octanol–water partition coefficient (Wildman–Crippen LogP) is 2.35. The number of primary amides is 1. The molecule has 1 fully saturated rings. The van der Waals surface area contributed by atoms with Crippen LogP contribution in [0.1, 0.15) is 45.3 Å². The van der Waals surface area contributed by atoms with Crippen LogP contribution in [0.25, 0.3) is 0 Å². The first-order chi connectivity index (χ1) is 15.0. The van der Waals surface area contributed by atoms with Gasteiger partial charge in [-0.1, -0.05) is 12.1 Å². The lowest BCUT2D eigenvalue weighted by Gasteiger charge is -2.37. The molecule has 2 heterocycles.